The molecule has 6 heteroatoms. The van der Waals surface area contributed by atoms with E-state index >= 15 is 0 Å². The van der Waals surface area contributed by atoms with Crippen LogP contribution in [0.15, 0.2) is 18.2 Å². The van der Waals surface area contributed by atoms with Gasteiger partial charge < -0.3 is 24.8 Å². The average Bonchev–Trinajstić information content (AvgIpc) is 2.58. The zero-order valence-corrected chi connectivity index (χ0v) is 13.9. The van der Waals surface area contributed by atoms with Crippen molar-refractivity contribution in [1.82, 2.24) is 10.6 Å². The zero-order valence-electron chi connectivity index (χ0n) is 13.9. The largest absolute Gasteiger partial charge is 0.490 e. The van der Waals surface area contributed by atoms with Crippen LogP contribution in [0.1, 0.15) is 19.4 Å². The number of carbonyl (C=O) groups is 1. The van der Waals surface area contributed by atoms with Crippen LogP contribution in [0.2, 0.25) is 0 Å². The quantitative estimate of drug-likeness (QED) is 0.751. The SMILES string of the molecule is CCOc1ccc(CCNC(=O)C2COCCN2)cc1OCC. The van der Waals surface area contributed by atoms with Gasteiger partial charge in [-0.2, -0.15) is 0 Å². The molecule has 0 bridgehead atoms. The fraction of sp³-hybridized carbons (Fsp3) is 0.588. The van der Waals surface area contributed by atoms with E-state index in [4.69, 9.17) is 14.2 Å². The number of carbonyl (C=O) groups excluding carboxylic acids is 1. The summed E-state index contributed by atoms with van der Waals surface area (Å²) in [7, 11) is 0. The number of hydrogen-bond acceptors (Lipinski definition) is 5. The summed E-state index contributed by atoms with van der Waals surface area (Å²) in [6.45, 7) is 7.48. The van der Waals surface area contributed by atoms with Crippen LogP contribution in [-0.2, 0) is 16.0 Å². The van der Waals surface area contributed by atoms with Gasteiger partial charge in [0.1, 0.15) is 6.04 Å². The van der Waals surface area contributed by atoms with Gasteiger partial charge in [-0.05, 0) is 38.0 Å². The topological polar surface area (TPSA) is 68.8 Å². The Morgan fingerprint density at radius 3 is 2.78 bits per heavy atom. The first kappa shape index (κ1) is 17.6. The summed E-state index contributed by atoms with van der Waals surface area (Å²) in [6.07, 6.45) is 0.742. The number of hydrogen-bond donors (Lipinski definition) is 2. The van der Waals surface area contributed by atoms with Gasteiger partial charge in [0.25, 0.3) is 0 Å². The van der Waals surface area contributed by atoms with Gasteiger partial charge in [0.2, 0.25) is 5.91 Å². The molecule has 1 saturated heterocycles. The van der Waals surface area contributed by atoms with Crippen LogP contribution >= 0.6 is 0 Å². The molecule has 0 aliphatic carbocycles. The van der Waals surface area contributed by atoms with Crippen molar-refractivity contribution in [2.75, 3.05) is 39.5 Å². The summed E-state index contributed by atoms with van der Waals surface area (Å²) in [4.78, 5) is 12.0. The lowest BCUT2D eigenvalue weighted by Crippen LogP contribution is -2.51. The number of ether oxygens (including phenoxy) is 3. The smallest absolute Gasteiger partial charge is 0.239 e. The van der Waals surface area contributed by atoms with Crippen molar-refractivity contribution in [2.24, 2.45) is 0 Å². The molecule has 6 nitrogen and oxygen atoms in total. The van der Waals surface area contributed by atoms with Gasteiger partial charge in [0.15, 0.2) is 11.5 Å². The molecule has 0 spiro atoms. The van der Waals surface area contributed by atoms with Crippen molar-refractivity contribution in [1.29, 1.82) is 0 Å². The molecular formula is C17H26N2O4. The Labute approximate surface area is 137 Å². The van der Waals surface area contributed by atoms with Crippen LogP contribution in [0.4, 0.5) is 0 Å². The molecule has 1 amide bonds. The first-order valence-corrected chi connectivity index (χ1v) is 8.22. The Balaban J connectivity index is 1.84. The summed E-state index contributed by atoms with van der Waals surface area (Å²) in [5.74, 6) is 1.49. The molecule has 0 radical (unpaired) electrons. The minimum Gasteiger partial charge on any atom is -0.490 e. The van der Waals surface area contributed by atoms with Gasteiger partial charge in [0, 0.05) is 13.1 Å². The van der Waals surface area contributed by atoms with Crippen molar-refractivity contribution in [2.45, 2.75) is 26.3 Å². The molecule has 2 N–H and O–H groups in total. The monoisotopic (exact) mass is 322 g/mol. The van der Waals surface area contributed by atoms with Gasteiger partial charge in [-0.25, -0.2) is 0 Å². The normalized spacial score (nSPS) is 17.6. The predicted octanol–water partition coefficient (Wildman–Crippen LogP) is 1.13. The van der Waals surface area contributed by atoms with Gasteiger partial charge in [-0.3, -0.25) is 4.79 Å². The van der Waals surface area contributed by atoms with E-state index in [1.165, 1.54) is 0 Å². The maximum Gasteiger partial charge on any atom is 0.239 e. The second kappa shape index (κ2) is 9.37. The lowest BCUT2D eigenvalue weighted by atomic mass is 10.1. The van der Waals surface area contributed by atoms with E-state index in [9.17, 15) is 4.79 Å². The van der Waals surface area contributed by atoms with E-state index < -0.39 is 0 Å². The number of amides is 1. The molecule has 1 fully saturated rings. The third-order valence-corrected chi connectivity index (χ3v) is 3.56. The van der Waals surface area contributed by atoms with Crippen LogP contribution in [0.5, 0.6) is 11.5 Å². The van der Waals surface area contributed by atoms with Gasteiger partial charge in [-0.1, -0.05) is 6.07 Å². The van der Waals surface area contributed by atoms with Crippen LogP contribution < -0.4 is 20.1 Å². The molecule has 1 aromatic rings. The number of rotatable bonds is 8. The van der Waals surface area contributed by atoms with Crippen molar-refractivity contribution in [3.05, 3.63) is 23.8 Å². The molecule has 128 valence electrons. The van der Waals surface area contributed by atoms with Gasteiger partial charge in [0.05, 0.1) is 26.4 Å². The average molecular weight is 322 g/mol. The van der Waals surface area contributed by atoms with Crippen molar-refractivity contribution < 1.29 is 19.0 Å². The Kier molecular flexibility index (Phi) is 7.16. The van der Waals surface area contributed by atoms with Crippen LogP contribution in [0.3, 0.4) is 0 Å². The van der Waals surface area contributed by atoms with Crippen molar-refractivity contribution >= 4 is 5.91 Å². The predicted molar refractivity (Wildman–Crippen MR) is 88.1 cm³/mol. The summed E-state index contributed by atoms with van der Waals surface area (Å²) in [5, 5.41) is 6.08. The van der Waals surface area contributed by atoms with Crippen molar-refractivity contribution in [3.63, 3.8) is 0 Å². The molecule has 1 heterocycles. The highest BCUT2D eigenvalue weighted by Gasteiger charge is 2.20. The molecular weight excluding hydrogens is 296 g/mol. The first-order chi connectivity index (χ1) is 11.2. The van der Waals surface area contributed by atoms with E-state index in [1.807, 2.05) is 32.0 Å². The minimum atomic E-state index is -0.247. The van der Waals surface area contributed by atoms with Gasteiger partial charge >= 0.3 is 0 Å². The van der Waals surface area contributed by atoms with Crippen LogP contribution in [0, 0.1) is 0 Å². The number of morpholine rings is 1. The lowest BCUT2D eigenvalue weighted by Gasteiger charge is -2.22. The third-order valence-electron chi connectivity index (χ3n) is 3.56. The highest BCUT2D eigenvalue weighted by Crippen LogP contribution is 2.28. The lowest BCUT2D eigenvalue weighted by molar-refractivity contribution is -0.125. The molecule has 1 aliphatic heterocycles. The number of benzene rings is 1. The van der Waals surface area contributed by atoms with Crippen molar-refractivity contribution in [3.8, 4) is 11.5 Å². The second-order valence-electron chi connectivity index (χ2n) is 5.27. The van der Waals surface area contributed by atoms with E-state index in [0.717, 1.165) is 23.5 Å². The van der Waals surface area contributed by atoms with E-state index in [2.05, 4.69) is 10.6 Å². The standard InChI is InChI=1S/C17H26N2O4/c1-3-22-15-6-5-13(11-16(15)23-4-2)7-8-19-17(20)14-12-21-10-9-18-14/h5-6,11,14,18H,3-4,7-10,12H2,1-2H3,(H,19,20). The molecule has 1 aromatic carbocycles. The molecule has 1 unspecified atom stereocenters. The highest BCUT2D eigenvalue weighted by atomic mass is 16.5. The molecule has 1 atom stereocenters. The van der Waals surface area contributed by atoms with E-state index in [-0.39, 0.29) is 11.9 Å². The Morgan fingerprint density at radius 1 is 1.30 bits per heavy atom. The molecule has 23 heavy (non-hydrogen) atoms. The summed E-state index contributed by atoms with van der Waals surface area (Å²) in [6, 6.07) is 5.65. The molecule has 2 rings (SSSR count). The van der Waals surface area contributed by atoms with Gasteiger partial charge in [-0.15, -0.1) is 0 Å². The second-order valence-corrected chi connectivity index (χ2v) is 5.27. The van der Waals surface area contributed by atoms with E-state index in [1.54, 1.807) is 0 Å². The summed E-state index contributed by atoms with van der Waals surface area (Å²) in [5.41, 5.74) is 1.10. The highest BCUT2D eigenvalue weighted by molar-refractivity contribution is 5.81. The third kappa shape index (κ3) is 5.41. The van der Waals surface area contributed by atoms with Crippen LogP contribution in [-0.4, -0.2) is 51.5 Å². The first-order valence-electron chi connectivity index (χ1n) is 8.22. The Morgan fingerprint density at radius 2 is 2.09 bits per heavy atom. The maximum atomic E-state index is 12.0. The molecule has 1 aliphatic rings. The zero-order chi connectivity index (χ0) is 16.5. The fourth-order valence-corrected chi connectivity index (χ4v) is 2.44. The molecule has 0 aromatic heterocycles. The Bertz CT molecular complexity index is 501. The number of nitrogens with one attached hydrogen (secondary N) is 2. The maximum absolute atomic E-state index is 12.0. The molecule has 0 saturated carbocycles. The summed E-state index contributed by atoms with van der Waals surface area (Å²) < 4.78 is 16.5. The Hall–Kier alpha value is -1.79. The fourth-order valence-electron chi connectivity index (χ4n) is 2.44. The summed E-state index contributed by atoms with van der Waals surface area (Å²) >= 11 is 0. The van der Waals surface area contributed by atoms with E-state index in [0.29, 0.717) is 39.5 Å². The minimum absolute atomic E-state index is 0.0133. The van der Waals surface area contributed by atoms with Crippen LogP contribution in [0.25, 0.3) is 0 Å².